The minimum absolute atomic E-state index is 0.260. The molecular formula is C12H14N4O2S. The van der Waals surface area contributed by atoms with E-state index >= 15 is 0 Å². The first-order valence-electron chi connectivity index (χ1n) is 6.13. The first-order chi connectivity index (χ1) is 9.20. The van der Waals surface area contributed by atoms with Crippen molar-refractivity contribution in [3.8, 4) is 0 Å². The quantitative estimate of drug-likeness (QED) is 0.860. The number of nitrogens with zero attached hydrogens (tertiary/aromatic N) is 3. The Labute approximate surface area is 114 Å². The van der Waals surface area contributed by atoms with Crippen LogP contribution in [0.1, 0.15) is 17.4 Å². The molecule has 100 valence electrons. The number of hydrogen-bond donors (Lipinski definition) is 1. The van der Waals surface area contributed by atoms with Crippen LogP contribution in [-0.4, -0.2) is 34.1 Å². The van der Waals surface area contributed by atoms with Crippen molar-refractivity contribution in [1.29, 1.82) is 0 Å². The molecule has 0 bridgehead atoms. The molecule has 0 saturated heterocycles. The highest BCUT2D eigenvalue weighted by Crippen LogP contribution is 2.36. The second kappa shape index (κ2) is 4.65. The van der Waals surface area contributed by atoms with Gasteiger partial charge in [-0.2, -0.15) is 0 Å². The van der Waals surface area contributed by atoms with Crippen LogP contribution in [0.4, 0.5) is 10.6 Å². The molecule has 0 fully saturated rings. The third-order valence-corrected chi connectivity index (χ3v) is 4.32. The van der Waals surface area contributed by atoms with Crippen LogP contribution in [-0.2, 0) is 17.7 Å². The number of aromatic nitrogens is 2. The smallest absolute Gasteiger partial charge is 0.410 e. The molecule has 3 rings (SSSR count). The first-order valence-corrected chi connectivity index (χ1v) is 6.94. The largest absolute Gasteiger partial charge is 0.450 e. The maximum atomic E-state index is 11.7. The molecule has 3 heterocycles. The number of fused-ring (bicyclic) bond motifs is 3. The third-order valence-electron chi connectivity index (χ3n) is 3.19. The van der Waals surface area contributed by atoms with Gasteiger partial charge in [-0.15, -0.1) is 11.3 Å². The predicted molar refractivity (Wildman–Crippen MR) is 73.0 cm³/mol. The summed E-state index contributed by atoms with van der Waals surface area (Å²) in [6.07, 6.45) is 1.98. The van der Waals surface area contributed by atoms with E-state index in [1.54, 1.807) is 16.2 Å². The topological polar surface area (TPSA) is 81.3 Å². The van der Waals surface area contributed by atoms with E-state index in [0.29, 0.717) is 25.5 Å². The maximum absolute atomic E-state index is 11.7. The number of nitrogens with two attached hydrogens (primary N) is 1. The molecule has 2 aromatic heterocycles. The molecule has 0 saturated carbocycles. The lowest BCUT2D eigenvalue weighted by atomic mass is 10.1. The Morgan fingerprint density at radius 3 is 3.21 bits per heavy atom. The SMILES string of the molecule is CCOC(=O)N1CCc2c(sc3ncnc(N)c23)C1. The van der Waals surface area contributed by atoms with Gasteiger partial charge in [0.15, 0.2) is 0 Å². The van der Waals surface area contributed by atoms with E-state index in [0.717, 1.165) is 21.5 Å². The summed E-state index contributed by atoms with van der Waals surface area (Å²) < 4.78 is 5.03. The van der Waals surface area contributed by atoms with Gasteiger partial charge in [-0.25, -0.2) is 14.8 Å². The Morgan fingerprint density at radius 2 is 2.42 bits per heavy atom. The van der Waals surface area contributed by atoms with E-state index in [-0.39, 0.29) is 6.09 Å². The van der Waals surface area contributed by atoms with Crippen molar-refractivity contribution in [2.75, 3.05) is 18.9 Å². The third kappa shape index (κ3) is 1.99. The average molecular weight is 278 g/mol. The zero-order valence-corrected chi connectivity index (χ0v) is 11.4. The number of hydrogen-bond acceptors (Lipinski definition) is 6. The van der Waals surface area contributed by atoms with Crippen molar-refractivity contribution < 1.29 is 9.53 Å². The van der Waals surface area contributed by atoms with Crippen LogP contribution in [0.15, 0.2) is 6.33 Å². The molecule has 0 aliphatic carbocycles. The van der Waals surface area contributed by atoms with Crippen LogP contribution >= 0.6 is 11.3 Å². The molecule has 1 amide bonds. The highest BCUT2D eigenvalue weighted by atomic mass is 32.1. The second-order valence-corrected chi connectivity index (χ2v) is 5.40. The fourth-order valence-corrected chi connectivity index (χ4v) is 3.53. The lowest BCUT2D eigenvalue weighted by Gasteiger charge is -2.26. The van der Waals surface area contributed by atoms with Crippen molar-refractivity contribution in [2.45, 2.75) is 19.9 Å². The summed E-state index contributed by atoms with van der Waals surface area (Å²) in [7, 11) is 0. The molecule has 19 heavy (non-hydrogen) atoms. The Hall–Kier alpha value is -1.89. The molecule has 0 radical (unpaired) electrons. The number of anilines is 1. The standard InChI is InChI=1S/C12H14N4O2S/c1-2-18-12(17)16-4-3-7-8(5-16)19-11-9(7)10(13)14-6-15-11/h6H,2-5H2,1H3,(H2,13,14,15). The van der Waals surface area contributed by atoms with Crippen molar-refractivity contribution in [1.82, 2.24) is 14.9 Å². The summed E-state index contributed by atoms with van der Waals surface area (Å²) in [4.78, 5) is 23.8. The van der Waals surface area contributed by atoms with Gasteiger partial charge in [0.2, 0.25) is 0 Å². The van der Waals surface area contributed by atoms with E-state index in [2.05, 4.69) is 9.97 Å². The van der Waals surface area contributed by atoms with Crippen LogP contribution in [0, 0.1) is 0 Å². The molecule has 0 unspecified atom stereocenters. The fourth-order valence-electron chi connectivity index (χ4n) is 2.32. The summed E-state index contributed by atoms with van der Waals surface area (Å²) in [6, 6.07) is 0. The van der Waals surface area contributed by atoms with Gasteiger partial charge in [-0.1, -0.05) is 0 Å². The van der Waals surface area contributed by atoms with Gasteiger partial charge >= 0.3 is 6.09 Å². The Kier molecular flexibility index (Phi) is 2.98. The van der Waals surface area contributed by atoms with Crippen LogP contribution in [0.5, 0.6) is 0 Å². The summed E-state index contributed by atoms with van der Waals surface area (Å²) in [5.41, 5.74) is 7.10. The van der Waals surface area contributed by atoms with Gasteiger partial charge in [-0.05, 0) is 18.9 Å². The van der Waals surface area contributed by atoms with Crippen LogP contribution < -0.4 is 5.73 Å². The van der Waals surface area contributed by atoms with Gasteiger partial charge in [0.1, 0.15) is 17.0 Å². The molecule has 1 aliphatic rings. The number of rotatable bonds is 1. The molecule has 2 N–H and O–H groups in total. The fraction of sp³-hybridized carbons (Fsp3) is 0.417. The number of thiophene rings is 1. The Morgan fingerprint density at radius 1 is 1.58 bits per heavy atom. The molecule has 0 atom stereocenters. The van der Waals surface area contributed by atoms with Crippen LogP contribution in [0.25, 0.3) is 10.2 Å². The van der Waals surface area contributed by atoms with E-state index in [1.165, 1.54) is 11.9 Å². The monoisotopic (exact) mass is 278 g/mol. The van der Waals surface area contributed by atoms with Crippen molar-refractivity contribution in [3.63, 3.8) is 0 Å². The van der Waals surface area contributed by atoms with Crippen molar-refractivity contribution in [3.05, 3.63) is 16.8 Å². The van der Waals surface area contributed by atoms with E-state index in [1.807, 2.05) is 6.92 Å². The minimum Gasteiger partial charge on any atom is -0.450 e. The van der Waals surface area contributed by atoms with Crippen LogP contribution in [0.2, 0.25) is 0 Å². The maximum Gasteiger partial charge on any atom is 0.410 e. The number of ether oxygens (including phenoxy) is 1. The van der Waals surface area contributed by atoms with Crippen molar-refractivity contribution in [2.24, 2.45) is 0 Å². The highest BCUT2D eigenvalue weighted by Gasteiger charge is 2.26. The van der Waals surface area contributed by atoms with Crippen molar-refractivity contribution >= 4 is 33.5 Å². The molecule has 7 heteroatoms. The summed E-state index contributed by atoms with van der Waals surface area (Å²) in [6.45, 7) is 3.41. The number of nitrogen functional groups attached to an aromatic ring is 1. The van der Waals surface area contributed by atoms with Crippen LogP contribution in [0.3, 0.4) is 0 Å². The molecular weight excluding hydrogens is 264 g/mol. The number of amides is 1. The van der Waals surface area contributed by atoms with E-state index in [4.69, 9.17) is 10.5 Å². The lowest BCUT2D eigenvalue weighted by molar-refractivity contribution is 0.103. The highest BCUT2D eigenvalue weighted by molar-refractivity contribution is 7.18. The predicted octanol–water partition coefficient (Wildman–Crippen LogP) is 1.79. The van der Waals surface area contributed by atoms with E-state index < -0.39 is 0 Å². The normalized spacial score (nSPS) is 14.5. The summed E-state index contributed by atoms with van der Waals surface area (Å²) in [5.74, 6) is 0.520. The first kappa shape index (κ1) is 12.2. The van der Waals surface area contributed by atoms with Gasteiger partial charge in [0.05, 0.1) is 18.5 Å². The van der Waals surface area contributed by atoms with E-state index in [9.17, 15) is 4.79 Å². The number of carbonyl (C=O) groups excluding carboxylic acids is 1. The average Bonchev–Trinajstić information content (AvgIpc) is 2.77. The lowest BCUT2D eigenvalue weighted by Crippen LogP contribution is -2.35. The zero-order valence-electron chi connectivity index (χ0n) is 10.5. The molecule has 6 nitrogen and oxygen atoms in total. The molecule has 0 spiro atoms. The van der Waals surface area contributed by atoms with Gasteiger partial charge in [-0.3, -0.25) is 0 Å². The molecule has 0 aromatic carbocycles. The summed E-state index contributed by atoms with van der Waals surface area (Å²) >= 11 is 1.57. The van der Waals surface area contributed by atoms with Gasteiger partial charge in [0.25, 0.3) is 0 Å². The summed E-state index contributed by atoms with van der Waals surface area (Å²) in [5, 5.41) is 0.950. The molecule has 1 aliphatic heterocycles. The number of carbonyl (C=O) groups is 1. The van der Waals surface area contributed by atoms with Gasteiger partial charge in [0, 0.05) is 11.4 Å². The second-order valence-electron chi connectivity index (χ2n) is 4.31. The Bertz CT molecular complexity index is 640. The Balaban J connectivity index is 1.96. The minimum atomic E-state index is -0.260. The molecule has 2 aromatic rings. The zero-order chi connectivity index (χ0) is 13.4. The van der Waals surface area contributed by atoms with Gasteiger partial charge < -0.3 is 15.4 Å².